The van der Waals surface area contributed by atoms with Gasteiger partial charge in [0.1, 0.15) is 0 Å². The van der Waals surface area contributed by atoms with E-state index in [1.54, 1.807) is 12.2 Å². The van der Waals surface area contributed by atoms with Gasteiger partial charge < -0.3 is 14.6 Å². The first-order valence-corrected chi connectivity index (χ1v) is 14.9. The molecule has 2 N–H and O–H groups in total. The SMILES string of the molecule is CC/C=C/CC(/C=C/C=C/C/C=C/C/C=C/C=C/C(O)CCC(=O)O)O[Si](C)(C)C(C)(C)C. The number of hydrogen-bond acceptors (Lipinski definition) is 3. The monoisotopic (exact) mass is 474 g/mol. The van der Waals surface area contributed by atoms with Crippen molar-refractivity contribution in [2.24, 2.45) is 0 Å². The van der Waals surface area contributed by atoms with E-state index in [4.69, 9.17) is 9.53 Å². The molecule has 0 fully saturated rings. The van der Waals surface area contributed by atoms with Crippen LogP contribution < -0.4 is 0 Å². The van der Waals surface area contributed by atoms with Crippen LogP contribution in [0.3, 0.4) is 0 Å². The predicted octanol–water partition coefficient (Wildman–Crippen LogP) is 7.52. The van der Waals surface area contributed by atoms with Crippen molar-refractivity contribution in [1.82, 2.24) is 0 Å². The largest absolute Gasteiger partial charge is 0.481 e. The maximum absolute atomic E-state index is 10.5. The van der Waals surface area contributed by atoms with E-state index in [-0.39, 0.29) is 24.0 Å². The highest BCUT2D eigenvalue weighted by Gasteiger charge is 2.38. The van der Waals surface area contributed by atoms with Gasteiger partial charge in [-0.25, -0.2) is 0 Å². The molecule has 0 aromatic heterocycles. The normalized spacial score (nSPS) is 15.8. The number of hydrogen-bond donors (Lipinski definition) is 2. The minimum atomic E-state index is -1.81. The summed E-state index contributed by atoms with van der Waals surface area (Å²) in [4.78, 5) is 10.5. The van der Waals surface area contributed by atoms with Gasteiger partial charge in [0, 0.05) is 6.42 Å². The van der Waals surface area contributed by atoms with Gasteiger partial charge in [-0.15, -0.1) is 0 Å². The number of carboxylic acids is 1. The third-order valence-corrected chi connectivity index (χ3v) is 10.0. The molecule has 0 aromatic rings. The Labute approximate surface area is 203 Å². The molecule has 186 valence electrons. The zero-order chi connectivity index (χ0) is 25.2. The third-order valence-electron chi connectivity index (χ3n) is 5.54. The molecule has 5 heteroatoms. The summed E-state index contributed by atoms with van der Waals surface area (Å²) in [5, 5.41) is 18.4. The molecule has 0 radical (unpaired) electrons. The molecule has 0 bridgehead atoms. The zero-order valence-corrected chi connectivity index (χ0v) is 22.5. The van der Waals surface area contributed by atoms with Crippen molar-refractivity contribution in [3.8, 4) is 0 Å². The number of carbonyl (C=O) groups is 1. The molecule has 0 heterocycles. The highest BCUT2D eigenvalue weighted by atomic mass is 28.4. The van der Waals surface area contributed by atoms with Crippen LogP contribution in [0.15, 0.2) is 72.9 Å². The fourth-order valence-electron chi connectivity index (χ4n) is 2.53. The van der Waals surface area contributed by atoms with Crippen molar-refractivity contribution >= 4 is 14.3 Å². The summed E-state index contributed by atoms with van der Waals surface area (Å²) in [6.07, 6.45) is 27.5. The average Bonchev–Trinajstić information content (AvgIpc) is 2.71. The van der Waals surface area contributed by atoms with Crippen LogP contribution in [0.5, 0.6) is 0 Å². The van der Waals surface area contributed by atoms with Crippen LogP contribution in [0.4, 0.5) is 0 Å². The minimum absolute atomic E-state index is 0.0269. The van der Waals surface area contributed by atoms with E-state index in [1.165, 1.54) is 0 Å². The van der Waals surface area contributed by atoms with Crippen LogP contribution >= 0.6 is 0 Å². The molecular weight excluding hydrogens is 428 g/mol. The Kier molecular flexibility index (Phi) is 16.5. The van der Waals surface area contributed by atoms with E-state index in [2.05, 4.69) is 89.4 Å². The third kappa shape index (κ3) is 17.2. The lowest BCUT2D eigenvalue weighted by atomic mass is 10.2. The lowest BCUT2D eigenvalue weighted by Gasteiger charge is -2.38. The van der Waals surface area contributed by atoms with Crippen LogP contribution in [0.1, 0.15) is 66.2 Å². The van der Waals surface area contributed by atoms with E-state index < -0.39 is 20.4 Å². The summed E-state index contributed by atoms with van der Waals surface area (Å²) < 4.78 is 6.58. The first-order chi connectivity index (χ1) is 15.5. The highest BCUT2D eigenvalue weighted by Crippen LogP contribution is 2.37. The quantitative estimate of drug-likeness (QED) is 0.138. The van der Waals surface area contributed by atoms with E-state index >= 15 is 0 Å². The van der Waals surface area contributed by atoms with Crippen molar-refractivity contribution in [2.75, 3.05) is 0 Å². The van der Waals surface area contributed by atoms with Crippen molar-refractivity contribution in [3.05, 3.63) is 72.9 Å². The lowest BCUT2D eigenvalue weighted by molar-refractivity contribution is -0.137. The molecule has 0 saturated carbocycles. The Hall–Kier alpha value is -1.95. The van der Waals surface area contributed by atoms with Gasteiger partial charge in [0.05, 0.1) is 12.2 Å². The van der Waals surface area contributed by atoms with Gasteiger partial charge in [-0.1, -0.05) is 101 Å². The summed E-state index contributed by atoms with van der Waals surface area (Å²) in [6.45, 7) is 13.5. The van der Waals surface area contributed by atoms with Gasteiger partial charge in [0.25, 0.3) is 0 Å². The van der Waals surface area contributed by atoms with E-state index in [0.717, 1.165) is 25.7 Å². The van der Waals surface area contributed by atoms with Gasteiger partial charge in [-0.3, -0.25) is 4.79 Å². The van der Waals surface area contributed by atoms with Gasteiger partial charge >= 0.3 is 5.97 Å². The second-order valence-electron chi connectivity index (χ2n) is 9.60. The van der Waals surface area contributed by atoms with Crippen molar-refractivity contribution in [2.45, 2.75) is 96.6 Å². The molecule has 2 unspecified atom stereocenters. The van der Waals surface area contributed by atoms with Crippen LogP contribution in [-0.4, -0.2) is 36.7 Å². The van der Waals surface area contributed by atoms with Crippen molar-refractivity contribution < 1.29 is 19.4 Å². The lowest BCUT2D eigenvalue weighted by Crippen LogP contribution is -2.43. The fourth-order valence-corrected chi connectivity index (χ4v) is 3.82. The average molecular weight is 475 g/mol. The number of allylic oxidation sites excluding steroid dienone is 9. The first kappa shape index (κ1) is 31.0. The Morgan fingerprint density at radius 2 is 1.48 bits per heavy atom. The topological polar surface area (TPSA) is 66.8 Å². The molecule has 0 aliphatic carbocycles. The van der Waals surface area contributed by atoms with E-state index in [0.29, 0.717) is 0 Å². The maximum Gasteiger partial charge on any atom is 0.303 e. The van der Waals surface area contributed by atoms with E-state index in [9.17, 15) is 9.90 Å². The second kappa shape index (κ2) is 17.5. The number of aliphatic hydroxyl groups excluding tert-OH is 1. The highest BCUT2D eigenvalue weighted by molar-refractivity contribution is 6.74. The first-order valence-electron chi connectivity index (χ1n) is 12.0. The van der Waals surface area contributed by atoms with Crippen LogP contribution in [0.2, 0.25) is 18.1 Å². The number of carboxylic acid groups (broad SMARTS) is 1. The standard InChI is InChI=1S/C28H46O4Si/c1-7-8-17-21-26(32-33(5,6)28(2,3)4)22-19-16-14-12-10-9-11-13-15-18-20-25(29)23-24-27(30)31/h8-10,13-20,22,25-26,29H,7,11-12,21,23-24H2,1-6H3,(H,30,31)/b10-9+,15-13+,16-14+,17-8+,20-18+,22-19+. The predicted molar refractivity (Wildman–Crippen MR) is 144 cm³/mol. The summed E-state index contributed by atoms with van der Waals surface area (Å²) in [5.41, 5.74) is 0. The Bertz CT molecular complexity index is 706. The summed E-state index contributed by atoms with van der Waals surface area (Å²) in [5.74, 6) is -0.893. The fraction of sp³-hybridized carbons (Fsp3) is 0.536. The number of rotatable bonds is 16. The molecule has 0 aliphatic rings. The molecule has 0 rings (SSSR count). The summed E-state index contributed by atoms with van der Waals surface area (Å²) in [7, 11) is -1.81. The van der Waals surface area contributed by atoms with Crippen molar-refractivity contribution in [3.63, 3.8) is 0 Å². The molecule has 0 aromatic carbocycles. The molecular formula is C28H46O4Si. The smallest absolute Gasteiger partial charge is 0.303 e. The number of aliphatic hydroxyl groups is 1. The Balaban J connectivity index is 4.44. The van der Waals surface area contributed by atoms with E-state index in [1.807, 2.05) is 12.2 Å². The van der Waals surface area contributed by atoms with Gasteiger partial charge in [0.15, 0.2) is 8.32 Å². The molecule has 33 heavy (non-hydrogen) atoms. The van der Waals surface area contributed by atoms with Crippen LogP contribution in [0, 0.1) is 0 Å². The minimum Gasteiger partial charge on any atom is -0.481 e. The summed E-state index contributed by atoms with van der Waals surface area (Å²) >= 11 is 0. The van der Waals surface area contributed by atoms with Gasteiger partial charge in [0.2, 0.25) is 0 Å². The molecule has 0 saturated heterocycles. The van der Waals surface area contributed by atoms with Crippen LogP contribution in [0.25, 0.3) is 0 Å². The maximum atomic E-state index is 10.5. The molecule has 2 atom stereocenters. The second-order valence-corrected chi connectivity index (χ2v) is 14.4. The molecule has 0 spiro atoms. The summed E-state index contributed by atoms with van der Waals surface area (Å²) in [6, 6.07) is 0. The molecule has 0 amide bonds. The number of aliphatic carboxylic acids is 1. The van der Waals surface area contributed by atoms with Crippen molar-refractivity contribution in [1.29, 1.82) is 0 Å². The van der Waals surface area contributed by atoms with Gasteiger partial charge in [-0.05, 0) is 50.2 Å². The molecule has 0 aliphatic heterocycles. The Morgan fingerprint density at radius 1 is 0.909 bits per heavy atom. The van der Waals surface area contributed by atoms with Gasteiger partial charge in [-0.2, -0.15) is 0 Å². The molecule has 4 nitrogen and oxygen atoms in total. The Morgan fingerprint density at radius 3 is 2.00 bits per heavy atom. The van der Waals surface area contributed by atoms with Crippen LogP contribution in [-0.2, 0) is 9.22 Å². The zero-order valence-electron chi connectivity index (χ0n) is 21.5.